The fourth-order valence-corrected chi connectivity index (χ4v) is 4.59. The molecule has 2 rings (SSSR count). The molecule has 134 valence electrons. The van der Waals surface area contributed by atoms with Crippen molar-refractivity contribution in [3.63, 3.8) is 0 Å². The van der Waals surface area contributed by atoms with Crippen LogP contribution in [0.15, 0.2) is 18.2 Å². The first-order chi connectivity index (χ1) is 11.2. The summed E-state index contributed by atoms with van der Waals surface area (Å²) in [5.74, 6) is 0.435. The SMILES string of the molecule is CC1CCCN(C(=O)CCN(c2c(Cl)cccc2Cl)S(C)(=O)=O)C1. The van der Waals surface area contributed by atoms with E-state index in [0.717, 1.165) is 36.5 Å². The van der Waals surface area contributed by atoms with E-state index in [1.54, 1.807) is 18.2 Å². The number of benzene rings is 1. The lowest BCUT2D eigenvalue weighted by Crippen LogP contribution is -2.41. The monoisotopic (exact) mass is 392 g/mol. The Labute approximate surface area is 153 Å². The number of anilines is 1. The minimum absolute atomic E-state index is 0.0198. The van der Waals surface area contributed by atoms with Gasteiger partial charge >= 0.3 is 0 Å². The minimum atomic E-state index is -3.61. The number of carbonyl (C=O) groups excluding carboxylic acids is 1. The van der Waals surface area contributed by atoms with Gasteiger partial charge in [-0.1, -0.05) is 36.2 Å². The number of amides is 1. The van der Waals surface area contributed by atoms with E-state index in [2.05, 4.69) is 6.92 Å². The van der Waals surface area contributed by atoms with E-state index in [-0.39, 0.29) is 34.6 Å². The molecule has 1 aliphatic heterocycles. The molecule has 1 aromatic rings. The normalized spacial score (nSPS) is 18.5. The zero-order chi connectivity index (χ0) is 17.9. The molecule has 1 unspecified atom stereocenters. The average Bonchev–Trinajstić information content (AvgIpc) is 2.48. The van der Waals surface area contributed by atoms with Gasteiger partial charge in [0.25, 0.3) is 0 Å². The standard InChI is InChI=1S/C16H22Cl2N2O3S/c1-12-5-4-9-19(11-12)15(21)8-10-20(24(2,22)23)16-13(17)6-3-7-14(16)18/h3,6-7,12H,4-5,8-11H2,1-2H3. The molecule has 0 radical (unpaired) electrons. The molecule has 1 amide bonds. The highest BCUT2D eigenvalue weighted by Gasteiger charge is 2.26. The van der Waals surface area contributed by atoms with Crippen LogP contribution in [0.25, 0.3) is 0 Å². The molecule has 1 fully saturated rings. The summed E-state index contributed by atoms with van der Waals surface area (Å²) in [6.45, 7) is 3.59. The van der Waals surface area contributed by atoms with Crippen molar-refractivity contribution in [1.29, 1.82) is 0 Å². The summed E-state index contributed by atoms with van der Waals surface area (Å²) >= 11 is 12.3. The van der Waals surface area contributed by atoms with Gasteiger partial charge in [0.2, 0.25) is 15.9 Å². The van der Waals surface area contributed by atoms with Crippen molar-refractivity contribution in [3.8, 4) is 0 Å². The van der Waals surface area contributed by atoms with Gasteiger partial charge in [-0.15, -0.1) is 0 Å². The molecule has 0 N–H and O–H groups in total. The molecule has 1 heterocycles. The zero-order valence-corrected chi connectivity index (χ0v) is 16.2. The van der Waals surface area contributed by atoms with E-state index in [1.807, 2.05) is 4.90 Å². The van der Waals surface area contributed by atoms with Crippen molar-refractivity contribution in [2.24, 2.45) is 5.92 Å². The number of nitrogens with zero attached hydrogens (tertiary/aromatic N) is 2. The van der Waals surface area contributed by atoms with Gasteiger partial charge in [-0.2, -0.15) is 0 Å². The molecule has 0 saturated carbocycles. The lowest BCUT2D eigenvalue weighted by Gasteiger charge is -2.32. The fourth-order valence-electron chi connectivity index (χ4n) is 2.94. The minimum Gasteiger partial charge on any atom is -0.342 e. The van der Waals surface area contributed by atoms with Crippen molar-refractivity contribution in [2.75, 3.05) is 30.2 Å². The maximum Gasteiger partial charge on any atom is 0.232 e. The zero-order valence-electron chi connectivity index (χ0n) is 13.8. The Hall–Kier alpha value is -0.980. The molecule has 8 heteroatoms. The van der Waals surface area contributed by atoms with Gasteiger partial charge in [-0.05, 0) is 30.9 Å². The molecule has 1 atom stereocenters. The van der Waals surface area contributed by atoms with Crippen LogP contribution in [0.3, 0.4) is 0 Å². The lowest BCUT2D eigenvalue weighted by atomic mass is 10.00. The van der Waals surface area contributed by atoms with Crippen LogP contribution >= 0.6 is 23.2 Å². The van der Waals surface area contributed by atoms with Crippen molar-refractivity contribution in [2.45, 2.75) is 26.2 Å². The lowest BCUT2D eigenvalue weighted by molar-refractivity contribution is -0.132. The fraction of sp³-hybridized carbons (Fsp3) is 0.562. The Morgan fingerprint density at radius 3 is 2.50 bits per heavy atom. The van der Waals surface area contributed by atoms with Crippen LogP contribution in [0, 0.1) is 5.92 Å². The molecular weight excluding hydrogens is 371 g/mol. The summed E-state index contributed by atoms with van der Waals surface area (Å²) in [4.78, 5) is 14.2. The molecule has 1 saturated heterocycles. The molecule has 0 aliphatic carbocycles. The van der Waals surface area contributed by atoms with Gasteiger partial charge in [0.1, 0.15) is 0 Å². The predicted molar refractivity (Wildman–Crippen MR) is 98.2 cm³/mol. The predicted octanol–water partition coefficient (Wildman–Crippen LogP) is 3.41. The number of para-hydroxylation sites is 1. The quantitative estimate of drug-likeness (QED) is 0.771. The first kappa shape index (κ1) is 19.3. The Morgan fingerprint density at radius 2 is 1.96 bits per heavy atom. The Balaban J connectivity index is 2.15. The summed E-state index contributed by atoms with van der Waals surface area (Å²) in [5, 5.41) is 0.485. The molecule has 0 bridgehead atoms. The van der Waals surface area contributed by atoms with E-state index in [0.29, 0.717) is 5.92 Å². The topological polar surface area (TPSA) is 57.7 Å². The molecule has 1 aliphatic rings. The van der Waals surface area contributed by atoms with Crippen molar-refractivity contribution < 1.29 is 13.2 Å². The highest BCUT2D eigenvalue weighted by molar-refractivity contribution is 7.92. The van der Waals surface area contributed by atoms with Gasteiger partial charge in [-0.25, -0.2) is 8.42 Å². The highest BCUT2D eigenvalue weighted by atomic mass is 35.5. The smallest absolute Gasteiger partial charge is 0.232 e. The van der Waals surface area contributed by atoms with Gasteiger partial charge in [-0.3, -0.25) is 9.10 Å². The van der Waals surface area contributed by atoms with E-state index >= 15 is 0 Å². The molecule has 1 aromatic carbocycles. The van der Waals surface area contributed by atoms with Gasteiger partial charge in [0.05, 0.1) is 22.0 Å². The van der Waals surface area contributed by atoms with Crippen LogP contribution in [0.5, 0.6) is 0 Å². The van der Waals surface area contributed by atoms with Crippen molar-refractivity contribution in [1.82, 2.24) is 4.90 Å². The summed E-state index contributed by atoms with van der Waals surface area (Å²) in [7, 11) is -3.61. The van der Waals surface area contributed by atoms with Crippen LogP contribution in [-0.2, 0) is 14.8 Å². The molecule has 5 nitrogen and oxygen atoms in total. The second-order valence-corrected chi connectivity index (χ2v) is 8.96. The first-order valence-electron chi connectivity index (χ1n) is 7.89. The third kappa shape index (κ3) is 4.77. The van der Waals surface area contributed by atoms with Crippen LogP contribution < -0.4 is 4.31 Å². The number of rotatable bonds is 5. The van der Waals surface area contributed by atoms with Crippen molar-refractivity contribution >= 4 is 44.8 Å². The molecule has 24 heavy (non-hydrogen) atoms. The number of piperidine rings is 1. The van der Waals surface area contributed by atoms with Crippen LogP contribution in [0.4, 0.5) is 5.69 Å². The maximum absolute atomic E-state index is 12.4. The second kappa shape index (κ2) is 7.93. The Bertz CT molecular complexity index is 689. The van der Waals surface area contributed by atoms with Crippen LogP contribution in [0.2, 0.25) is 10.0 Å². The second-order valence-electron chi connectivity index (χ2n) is 6.24. The number of hydrogen-bond donors (Lipinski definition) is 0. The molecular formula is C16H22Cl2N2O3S. The summed E-state index contributed by atoms with van der Waals surface area (Å²) in [6, 6.07) is 4.80. The highest BCUT2D eigenvalue weighted by Crippen LogP contribution is 2.35. The summed E-state index contributed by atoms with van der Waals surface area (Å²) in [5.41, 5.74) is 0.225. The maximum atomic E-state index is 12.4. The van der Waals surface area contributed by atoms with E-state index in [4.69, 9.17) is 23.2 Å². The third-order valence-electron chi connectivity index (χ3n) is 4.13. The number of likely N-dealkylation sites (tertiary alicyclic amines) is 1. The van der Waals surface area contributed by atoms with E-state index < -0.39 is 10.0 Å². The van der Waals surface area contributed by atoms with E-state index in [1.165, 1.54) is 0 Å². The first-order valence-corrected chi connectivity index (χ1v) is 10.5. The van der Waals surface area contributed by atoms with Crippen LogP contribution in [-0.4, -0.2) is 45.1 Å². The van der Waals surface area contributed by atoms with E-state index in [9.17, 15) is 13.2 Å². The number of sulfonamides is 1. The number of hydrogen-bond acceptors (Lipinski definition) is 3. The van der Waals surface area contributed by atoms with Gasteiger partial charge in [0, 0.05) is 26.1 Å². The largest absolute Gasteiger partial charge is 0.342 e. The average molecular weight is 393 g/mol. The number of carbonyl (C=O) groups is 1. The van der Waals surface area contributed by atoms with Crippen LogP contribution in [0.1, 0.15) is 26.2 Å². The van der Waals surface area contributed by atoms with Gasteiger partial charge in [0.15, 0.2) is 0 Å². The Kier molecular flexibility index (Phi) is 6.39. The third-order valence-corrected chi connectivity index (χ3v) is 5.90. The van der Waals surface area contributed by atoms with Crippen molar-refractivity contribution in [3.05, 3.63) is 28.2 Å². The summed E-state index contributed by atoms with van der Waals surface area (Å²) < 4.78 is 25.4. The van der Waals surface area contributed by atoms with Gasteiger partial charge < -0.3 is 4.90 Å². The molecule has 0 spiro atoms. The Morgan fingerprint density at radius 1 is 1.33 bits per heavy atom. The summed E-state index contributed by atoms with van der Waals surface area (Å²) in [6.07, 6.45) is 3.29. The molecule has 0 aromatic heterocycles. The number of halogens is 2.